The largest absolute Gasteiger partial charge is 0.290 e. The van der Waals surface area contributed by atoms with E-state index in [0.29, 0.717) is 5.70 Å². The van der Waals surface area contributed by atoms with Crippen LogP contribution in [-0.2, 0) is 4.79 Å². The van der Waals surface area contributed by atoms with Crippen molar-refractivity contribution in [2.45, 2.75) is 6.92 Å². The van der Waals surface area contributed by atoms with E-state index in [9.17, 15) is 4.79 Å². The minimum Gasteiger partial charge on any atom is -0.290 e. The molecule has 0 heterocycles. The van der Waals surface area contributed by atoms with Crippen LogP contribution in [0.1, 0.15) is 6.92 Å². The van der Waals surface area contributed by atoms with Gasteiger partial charge >= 0.3 is 0 Å². The van der Waals surface area contributed by atoms with Gasteiger partial charge in [0, 0.05) is 0 Å². The smallest absolute Gasteiger partial charge is 0.178 e. The second-order valence-corrected chi connectivity index (χ2v) is 3.24. The molecule has 0 saturated heterocycles. The molecule has 0 N–H and O–H groups in total. The fraction of sp³-hybridized carbons (Fsp3) is 0.0714. The second-order valence-electron chi connectivity index (χ2n) is 3.24. The molecule has 0 amide bonds. The van der Waals surface area contributed by atoms with Crippen LogP contribution in [0.5, 0.6) is 0 Å². The van der Waals surface area contributed by atoms with Crippen molar-refractivity contribution in [1.82, 2.24) is 0 Å². The Morgan fingerprint density at radius 2 is 2.00 bits per heavy atom. The molecule has 0 aromatic carbocycles. The van der Waals surface area contributed by atoms with E-state index in [1.165, 1.54) is 12.2 Å². The van der Waals surface area contributed by atoms with Gasteiger partial charge in [-0.1, -0.05) is 18.7 Å². The molecular weight excluding hydrogens is 212 g/mol. The first-order valence-corrected chi connectivity index (χ1v) is 5.23. The number of nitrogens with zero attached hydrogens (tertiary/aromatic N) is 2. The molecule has 3 heteroatoms. The third-order valence-corrected chi connectivity index (χ3v) is 1.93. The predicted octanol–water partition coefficient (Wildman–Crippen LogP) is 3.66. The Balaban J connectivity index is 2.69. The lowest BCUT2D eigenvalue weighted by Crippen LogP contribution is -1.90. The fourth-order valence-corrected chi connectivity index (χ4v) is 1.05. The molecule has 0 aliphatic heterocycles. The van der Waals surface area contributed by atoms with E-state index in [0.717, 1.165) is 5.57 Å². The Morgan fingerprint density at radius 3 is 2.59 bits per heavy atom. The maximum absolute atomic E-state index is 10.9. The van der Waals surface area contributed by atoms with Crippen LogP contribution < -0.4 is 0 Å². The number of hydrogen-bond acceptors (Lipinski definition) is 3. The van der Waals surface area contributed by atoms with Gasteiger partial charge in [0.05, 0.1) is 11.9 Å². The number of carbonyl (C=O) groups is 1. The van der Waals surface area contributed by atoms with E-state index in [4.69, 9.17) is 0 Å². The zero-order valence-corrected chi connectivity index (χ0v) is 9.71. The molecule has 1 aliphatic rings. The first-order chi connectivity index (χ1) is 8.26. The number of carbonyl (C=O) groups excluding carboxylic acids is 1. The van der Waals surface area contributed by atoms with Crippen molar-refractivity contribution in [1.29, 1.82) is 0 Å². The monoisotopic (exact) mass is 226 g/mol. The Labute approximate surface area is 101 Å². The van der Waals surface area contributed by atoms with Crippen molar-refractivity contribution in [3.05, 3.63) is 72.7 Å². The van der Waals surface area contributed by atoms with Crippen LogP contribution in [0.4, 0.5) is 0 Å². The Bertz CT molecular complexity index is 456. The maximum Gasteiger partial charge on any atom is 0.178 e. The Morgan fingerprint density at radius 1 is 1.29 bits per heavy atom. The summed E-state index contributed by atoms with van der Waals surface area (Å²) in [4.78, 5) is 10.9. The molecule has 0 fully saturated rings. The van der Waals surface area contributed by atoms with Gasteiger partial charge in [-0.25, -0.2) is 0 Å². The first-order valence-electron chi connectivity index (χ1n) is 5.23. The van der Waals surface area contributed by atoms with Crippen LogP contribution in [0.25, 0.3) is 0 Å². The summed E-state index contributed by atoms with van der Waals surface area (Å²) in [6, 6.07) is 0. The average molecular weight is 226 g/mol. The van der Waals surface area contributed by atoms with Crippen molar-refractivity contribution in [3.8, 4) is 0 Å². The Kier molecular flexibility index (Phi) is 5.31. The highest BCUT2D eigenvalue weighted by atomic mass is 16.1. The number of hydrogen-bond donors (Lipinski definition) is 0. The fourth-order valence-electron chi connectivity index (χ4n) is 1.05. The minimum atomic E-state index is -0.0150. The lowest BCUT2D eigenvalue weighted by Gasteiger charge is -1.95. The molecule has 0 radical (unpaired) electrons. The number of allylic oxidation sites excluding steroid dienone is 9. The highest BCUT2D eigenvalue weighted by molar-refractivity contribution is 6.01. The molecule has 0 aromatic heterocycles. The number of rotatable bonds is 4. The van der Waals surface area contributed by atoms with E-state index in [1.807, 2.05) is 25.2 Å². The summed E-state index contributed by atoms with van der Waals surface area (Å²) in [6.45, 7) is 5.56. The molecule has 86 valence electrons. The van der Waals surface area contributed by atoms with Crippen molar-refractivity contribution in [3.63, 3.8) is 0 Å². The standard InChI is InChI=1S/C14H14N2O/c1-3-5-6-13(4-2)16-15-11-12-7-9-14(17)10-8-12/h3-11H,2H2,1H3/b5-3-,13-6+,16-15+. The van der Waals surface area contributed by atoms with Crippen molar-refractivity contribution >= 4 is 5.78 Å². The molecule has 0 spiro atoms. The minimum absolute atomic E-state index is 0.0150. The highest BCUT2D eigenvalue weighted by Crippen LogP contribution is 2.07. The normalized spacial score (nSPS) is 16.2. The lowest BCUT2D eigenvalue weighted by atomic mass is 10.1. The average Bonchev–Trinajstić information content (AvgIpc) is 2.36. The van der Waals surface area contributed by atoms with Crippen molar-refractivity contribution in [2.24, 2.45) is 10.2 Å². The van der Waals surface area contributed by atoms with Crippen LogP contribution in [-0.4, -0.2) is 5.78 Å². The van der Waals surface area contributed by atoms with Gasteiger partial charge in [0.2, 0.25) is 0 Å². The highest BCUT2D eigenvalue weighted by Gasteiger charge is 1.96. The third kappa shape index (κ3) is 4.84. The van der Waals surface area contributed by atoms with Crippen LogP contribution >= 0.6 is 0 Å². The van der Waals surface area contributed by atoms with Crippen LogP contribution in [0, 0.1) is 0 Å². The third-order valence-electron chi connectivity index (χ3n) is 1.93. The molecule has 0 unspecified atom stereocenters. The zero-order chi connectivity index (χ0) is 12.5. The van der Waals surface area contributed by atoms with E-state index in [2.05, 4.69) is 16.8 Å². The van der Waals surface area contributed by atoms with Gasteiger partial charge in [0.15, 0.2) is 5.78 Å². The summed E-state index contributed by atoms with van der Waals surface area (Å²) in [5.74, 6) is -0.0150. The van der Waals surface area contributed by atoms with Crippen LogP contribution in [0.3, 0.4) is 0 Å². The summed E-state index contributed by atoms with van der Waals surface area (Å²) in [5, 5.41) is 7.90. The molecule has 1 rings (SSSR count). The molecular formula is C14H14N2O. The van der Waals surface area contributed by atoms with E-state index < -0.39 is 0 Å². The maximum atomic E-state index is 10.9. The Hall–Kier alpha value is -2.29. The molecule has 1 aliphatic carbocycles. The molecule has 0 atom stereocenters. The second kappa shape index (κ2) is 7.06. The summed E-state index contributed by atoms with van der Waals surface area (Å²) >= 11 is 0. The molecule has 0 saturated carbocycles. The first kappa shape index (κ1) is 12.8. The van der Waals surface area contributed by atoms with Crippen LogP contribution in [0.2, 0.25) is 0 Å². The van der Waals surface area contributed by atoms with E-state index in [-0.39, 0.29) is 5.78 Å². The van der Waals surface area contributed by atoms with Crippen molar-refractivity contribution in [2.75, 3.05) is 0 Å². The van der Waals surface area contributed by atoms with Gasteiger partial charge in [0.25, 0.3) is 0 Å². The quantitative estimate of drug-likeness (QED) is 0.532. The molecule has 0 aromatic rings. The number of azo groups is 1. The van der Waals surface area contributed by atoms with Crippen LogP contribution in [0.15, 0.2) is 82.9 Å². The van der Waals surface area contributed by atoms with Gasteiger partial charge in [0.1, 0.15) is 0 Å². The molecule has 3 nitrogen and oxygen atoms in total. The van der Waals surface area contributed by atoms with Crippen molar-refractivity contribution < 1.29 is 4.79 Å². The molecule has 0 bridgehead atoms. The molecule has 17 heavy (non-hydrogen) atoms. The van der Waals surface area contributed by atoms with Gasteiger partial charge in [-0.2, -0.15) is 10.2 Å². The predicted molar refractivity (Wildman–Crippen MR) is 69.3 cm³/mol. The summed E-state index contributed by atoms with van der Waals surface area (Å²) in [6.07, 6.45) is 15.2. The summed E-state index contributed by atoms with van der Waals surface area (Å²) < 4.78 is 0. The van der Waals surface area contributed by atoms with E-state index in [1.54, 1.807) is 24.4 Å². The zero-order valence-electron chi connectivity index (χ0n) is 9.71. The SMILES string of the molecule is C=CC(=C\C=C/C)/N=N/C=C1C=CC(=O)C=C1. The summed E-state index contributed by atoms with van der Waals surface area (Å²) in [7, 11) is 0. The van der Waals surface area contributed by atoms with Gasteiger partial charge in [-0.15, -0.1) is 0 Å². The lowest BCUT2D eigenvalue weighted by molar-refractivity contribution is -0.110. The topological polar surface area (TPSA) is 41.8 Å². The van der Waals surface area contributed by atoms with Gasteiger partial charge in [-0.05, 0) is 49.0 Å². The van der Waals surface area contributed by atoms with Gasteiger partial charge in [-0.3, -0.25) is 4.79 Å². The van der Waals surface area contributed by atoms with E-state index >= 15 is 0 Å². The number of ketones is 1. The van der Waals surface area contributed by atoms with Gasteiger partial charge < -0.3 is 0 Å². The summed E-state index contributed by atoms with van der Waals surface area (Å²) in [5.41, 5.74) is 1.52.